The van der Waals surface area contributed by atoms with Gasteiger partial charge in [-0.3, -0.25) is 4.90 Å². The Morgan fingerprint density at radius 2 is 2.20 bits per heavy atom. The van der Waals surface area contributed by atoms with E-state index in [2.05, 4.69) is 4.90 Å². The van der Waals surface area contributed by atoms with Gasteiger partial charge in [-0.15, -0.1) is 0 Å². The zero-order valence-corrected chi connectivity index (χ0v) is 9.36. The first-order chi connectivity index (χ1) is 7.06. The summed E-state index contributed by atoms with van der Waals surface area (Å²) in [5.74, 6) is -0.908. The van der Waals surface area contributed by atoms with Crippen LogP contribution in [0.15, 0.2) is 0 Å². The van der Waals surface area contributed by atoms with Gasteiger partial charge in [0.15, 0.2) is 0 Å². The van der Waals surface area contributed by atoms with Crippen LogP contribution in [-0.4, -0.2) is 61.5 Å². The molecule has 0 radical (unpaired) electrons. The maximum atomic E-state index is 10.3. The van der Waals surface area contributed by atoms with E-state index < -0.39 is 5.97 Å². The standard InChI is InChI=1S/C10H19NO4/c1-10(15-6-9(12)13)7-11(8-10)4-3-5-14-2/h3-8H2,1-2H3,(H,12,13). The number of rotatable bonds is 7. The minimum Gasteiger partial charge on any atom is -0.480 e. The number of hydrogen-bond acceptors (Lipinski definition) is 4. The van der Waals surface area contributed by atoms with Gasteiger partial charge < -0.3 is 14.6 Å². The van der Waals surface area contributed by atoms with Gasteiger partial charge in [0.2, 0.25) is 0 Å². The number of methoxy groups -OCH3 is 1. The summed E-state index contributed by atoms with van der Waals surface area (Å²) in [6.45, 7) is 5.11. The first-order valence-corrected chi connectivity index (χ1v) is 5.13. The van der Waals surface area contributed by atoms with Crippen LogP contribution in [0.1, 0.15) is 13.3 Å². The van der Waals surface area contributed by atoms with Crippen LogP contribution in [0.5, 0.6) is 0 Å². The van der Waals surface area contributed by atoms with E-state index in [1.807, 2.05) is 6.92 Å². The predicted octanol–water partition coefficient (Wildman–Crippen LogP) is 0.198. The van der Waals surface area contributed by atoms with Gasteiger partial charge in [0.25, 0.3) is 0 Å². The molecule has 0 atom stereocenters. The van der Waals surface area contributed by atoms with E-state index in [1.54, 1.807) is 7.11 Å². The lowest BCUT2D eigenvalue weighted by atomic mass is 9.96. The summed E-state index contributed by atoms with van der Waals surface area (Å²) in [7, 11) is 1.69. The Labute approximate surface area is 90.0 Å². The maximum absolute atomic E-state index is 10.3. The Morgan fingerprint density at radius 3 is 2.73 bits per heavy atom. The van der Waals surface area contributed by atoms with E-state index in [0.717, 1.165) is 32.7 Å². The molecule has 15 heavy (non-hydrogen) atoms. The molecule has 1 saturated heterocycles. The molecule has 1 heterocycles. The molecule has 88 valence electrons. The zero-order valence-electron chi connectivity index (χ0n) is 9.36. The van der Waals surface area contributed by atoms with Crippen LogP contribution < -0.4 is 0 Å². The smallest absolute Gasteiger partial charge is 0.329 e. The highest BCUT2D eigenvalue weighted by molar-refractivity contribution is 5.68. The molecule has 0 aliphatic carbocycles. The van der Waals surface area contributed by atoms with E-state index in [9.17, 15) is 4.79 Å². The molecule has 0 spiro atoms. The number of likely N-dealkylation sites (tertiary alicyclic amines) is 1. The molecule has 5 heteroatoms. The number of ether oxygens (including phenoxy) is 2. The molecule has 0 saturated carbocycles. The summed E-state index contributed by atoms with van der Waals surface area (Å²) in [6.07, 6.45) is 1.01. The third-order valence-electron chi connectivity index (χ3n) is 2.48. The lowest BCUT2D eigenvalue weighted by Gasteiger charge is -2.47. The van der Waals surface area contributed by atoms with Crippen LogP contribution in [0.25, 0.3) is 0 Å². The fraction of sp³-hybridized carbons (Fsp3) is 0.900. The molecule has 0 bridgehead atoms. The lowest BCUT2D eigenvalue weighted by molar-refractivity contribution is -0.164. The van der Waals surface area contributed by atoms with Crippen molar-refractivity contribution in [1.82, 2.24) is 4.90 Å². The van der Waals surface area contributed by atoms with Crippen LogP contribution >= 0.6 is 0 Å². The molecule has 0 amide bonds. The van der Waals surface area contributed by atoms with Gasteiger partial charge in [-0.2, -0.15) is 0 Å². The zero-order chi connectivity index (χ0) is 11.3. The van der Waals surface area contributed by atoms with Crippen molar-refractivity contribution < 1.29 is 19.4 Å². The minimum absolute atomic E-state index is 0.206. The quantitative estimate of drug-likeness (QED) is 0.617. The molecule has 1 aliphatic heterocycles. The third kappa shape index (κ3) is 4.15. The number of hydrogen-bond donors (Lipinski definition) is 1. The highest BCUT2D eigenvalue weighted by atomic mass is 16.5. The van der Waals surface area contributed by atoms with E-state index in [1.165, 1.54) is 0 Å². The summed E-state index contributed by atoms with van der Waals surface area (Å²) < 4.78 is 10.2. The van der Waals surface area contributed by atoms with E-state index in [0.29, 0.717) is 0 Å². The Kier molecular flexibility index (Phi) is 4.50. The largest absolute Gasteiger partial charge is 0.480 e. The van der Waals surface area contributed by atoms with Gasteiger partial charge in [-0.25, -0.2) is 4.79 Å². The summed E-state index contributed by atoms with van der Waals surface area (Å²) in [6, 6.07) is 0. The Bertz CT molecular complexity index is 213. The monoisotopic (exact) mass is 217 g/mol. The number of nitrogens with zero attached hydrogens (tertiary/aromatic N) is 1. The maximum Gasteiger partial charge on any atom is 0.329 e. The number of aliphatic carboxylic acids is 1. The van der Waals surface area contributed by atoms with E-state index in [4.69, 9.17) is 14.6 Å². The Balaban J connectivity index is 2.09. The molecule has 5 nitrogen and oxygen atoms in total. The molecular formula is C10H19NO4. The van der Waals surface area contributed by atoms with Gasteiger partial charge in [0, 0.05) is 33.4 Å². The van der Waals surface area contributed by atoms with Crippen LogP contribution in [0, 0.1) is 0 Å². The van der Waals surface area contributed by atoms with Gasteiger partial charge in [0.05, 0.1) is 5.60 Å². The van der Waals surface area contributed by atoms with Gasteiger partial charge in [-0.05, 0) is 13.3 Å². The van der Waals surface area contributed by atoms with Crippen LogP contribution in [0.4, 0.5) is 0 Å². The van der Waals surface area contributed by atoms with Crippen molar-refractivity contribution in [3.05, 3.63) is 0 Å². The predicted molar refractivity (Wildman–Crippen MR) is 54.9 cm³/mol. The highest BCUT2D eigenvalue weighted by Crippen LogP contribution is 2.24. The van der Waals surface area contributed by atoms with Crippen molar-refractivity contribution in [1.29, 1.82) is 0 Å². The Morgan fingerprint density at radius 1 is 1.53 bits per heavy atom. The molecule has 1 N–H and O–H groups in total. The van der Waals surface area contributed by atoms with Crippen molar-refractivity contribution in [2.45, 2.75) is 18.9 Å². The van der Waals surface area contributed by atoms with Crippen molar-refractivity contribution in [2.75, 3.05) is 40.0 Å². The third-order valence-corrected chi connectivity index (χ3v) is 2.48. The fourth-order valence-corrected chi connectivity index (χ4v) is 1.82. The van der Waals surface area contributed by atoms with Crippen LogP contribution in [0.2, 0.25) is 0 Å². The average molecular weight is 217 g/mol. The molecule has 0 aromatic rings. The minimum atomic E-state index is -0.908. The van der Waals surface area contributed by atoms with Crippen molar-refractivity contribution >= 4 is 5.97 Å². The molecule has 1 fully saturated rings. The highest BCUT2D eigenvalue weighted by Gasteiger charge is 2.39. The second kappa shape index (κ2) is 5.44. The van der Waals surface area contributed by atoms with Crippen LogP contribution in [0.3, 0.4) is 0 Å². The fourth-order valence-electron chi connectivity index (χ4n) is 1.82. The van der Waals surface area contributed by atoms with E-state index in [-0.39, 0.29) is 12.2 Å². The molecule has 0 aromatic heterocycles. The van der Waals surface area contributed by atoms with E-state index >= 15 is 0 Å². The van der Waals surface area contributed by atoms with Gasteiger partial charge in [-0.1, -0.05) is 0 Å². The van der Waals surface area contributed by atoms with Gasteiger partial charge in [0.1, 0.15) is 6.61 Å². The first kappa shape index (κ1) is 12.4. The average Bonchev–Trinajstić information content (AvgIpc) is 2.12. The first-order valence-electron chi connectivity index (χ1n) is 5.13. The molecule has 0 aromatic carbocycles. The SMILES string of the molecule is COCCCN1CC(C)(OCC(=O)O)C1. The summed E-state index contributed by atoms with van der Waals surface area (Å²) in [5, 5.41) is 8.48. The summed E-state index contributed by atoms with van der Waals surface area (Å²) in [5.41, 5.74) is -0.272. The van der Waals surface area contributed by atoms with Crippen molar-refractivity contribution in [3.8, 4) is 0 Å². The van der Waals surface area contributed by atoms with Gasteiger partial charge >= 0.3 is 5.97 Å². The summed E-state index contributed by atoms with van der Waals surface area (Å²) in [4.78, 5) is 12.6. The molecule has 1 aliphatic rings. The molecule has 0 unspecified atom stereocenters. The summed E-state index contributed by atoms with van der Waals surface area (Å²) >= 11 is 0. The second-order valence-corrected chi connectivity index (χ2v) is 4.19. The Hall–Kier alpha value is -0.650. The lowest BCUT2D eigenvalue weighted by Crippen LogP contribution is -2.61. The molecular weight excluding hydrogens is 198 g/mol. The topological polar surface area (TPSA) is 59.0 Å². The second-order valence-electron chi connectivity index (χ2n) is 4.19. The van der Waals surface area contributed by atoms with Crippen molar-refractivity contribution in [2.24, 2.45) is 0 Å². The molecule has 1 rings (SSSR count). The number of carboxylic acid groups (broad SMARTS) is 1. The normalized spacial score (nSPS) is 19.9. The van der Waals surface area contributed by atoms with Crippen molar-refractivity contribution in [3.63, 3.8) is 0 Å². The number of carboxylic acids is 1. The van der Waals surface area contributed by atoms with Crippen LogP contribution in [-0.2, 0) is 14.3 Å². The number of carbonyl (C=O) groups is 1.